The first-order valence-corrected chi connectivity index (χ1v) is 5.16. The third-order valence-corrected chi connectivity index (χ3v) is 3.90. The van der Waals surface area contributed by atoms with Gasteiger partial charge in [0.05, 0.1) is 0 Å². The molecule has 0 saturated heterocycles. The second-order valence-corrected chi connectivity index (χ2v) is 4.46. The third-order valence-electron chi connectivity index (χ3n) is 3.90. The van der Waals surface area contributed by atoms with Gasteiger partial charge in [-0.25, -0.2) is 0 Å². The zero-order chi connectivity index (χ0) is 8.43. The lowest BCUT2D eigenvalue weighted by atomic mass is 9.82. The molecule has 1 fully saturated rings. The molecule has 0 heterocycles. The summed E-state index contributed by atoms with van der Waals surface area (Å²) >= 11 is 0. The van der Waals surface area contributed by atoms with Crippen LogP contribution in [0.1, 0.15) is 47.0 Å². The van der Waals surface area contributed by atoms with Crippen LogP contribution in [0.5, 0.6) is 0 Å². The molecule has 66 valence electrons. The van der Waals surface area contributed by atoms with E-state index in [0.29, 0.717) is 0 Å². The minimum Gasteiger partial charge on any atom is -0.0651 e. The Labute approximate surface area is 71.4 Å². The summed E-state index contributed by atoms with van der Waals surface area (Å²) in [5, 5.41) is 0. The molecule has 0 unspecified atom stereocenters. The maximum Gasteiger partial charge on any atom is -0.0360 e. The van der Waals surface area contributed by atoms with E-state index >= 15 is 0 Å². The van der Waals surface area contributed by atoms with Crippen LogP contribution in [0, 0.1) is 23.7 Å². The zero-order valence-corrected chi connectivity index (χ0v) is 8.43. The third kappa shape index (κ3) is 1.77. The minimum atomic E-state index is 0.954. The van der Waals surface area contributed by atoms with Crippen molar-refractivity contribution in [1.29, 1.82) is 0 Å². The van der Waals surface area contributed by atoms with Gasteiger partial charge in [-0.1, -0.05) is 40.5 Å². The Morgan fingerprint density at radius 1 is 1.27 bits per heavy atom. The van der Waals surface area contributed by atoms with E-state index in [1.807, 2.05) is 0 Å². The van der Waals surface area contributed by atoms with Gasteiger partial charge in [-0.05, 0) is 30.1 Å². The van der Waals surface area contributed by atoms with E-state index in [-0.39, 0.29) is 0 Å². The van der Waals surface area contributed by atoms with E-state index < -0.39 is 0 Å². The van der Waals surface area contributed by atoms with Gasteiger partial charge in [0, 0.05) is 0 Å². The van der Waals surface area contributed by atoms with Crippen LogP contribution >= 0.6 is 0 Å². The first kappa shape index (κ1) is 9.09. The Morgan fingerprint density at radius 2 is 1.91 bits per heavy atom. The molecule has 0 spiro atoms. The fourth-order valence-electron chi connectivity index (χ4n) is 2.51. The molecular weight excluding hydrogens is 132 g/mol. The summed E-state index contributed by atoms with van der Waals surface area (Å²) in [6, 6.07) is 0. The summed E-state index contributed by atoms with van der Waals surface area (Å²) in [7, 11) is 0. The lowest BCUT2D eigenvalue weighted by Crippen LogP contribution is -2.16. The second-order valence-electron chi connectivity index (χ2n) is 4.46. The highest BCUT2D eigenvalue weighted by atomic mass is 14.4. The average molecular weight is 154 g/mol. The van der Waals surface area contributed by atoms with Crippen molar-refractivity contribution in [2.75, 3.05) is 0 Å². The van der Waals surface area contributed by atoms with Gasteiger partial charge in [0.15, 0.2) is 0 Å². The molecule has 11 heavy (non-hydrogen) atoms. The molecule has 0 amide bonds. The number of hydrogen-bond donors (Lipinski definition) is 0. The molecule has 0 aromatic rings. The average Bonchev–Trinajstić information content (AvgIpc) is 2.32. The summed E-state index contributed by atoms with van der Waals surface area (Å²) in [6.45, 7) is 9.58. The first-order chi connectivity index (χ1) is 5.16. The van der Waals surface area contributed by atoms with Crippen LogP contribution < -0.4 is 0 Å². The highest BCUT2D eigenvalue weighted by Gasteiger charge is 2.32. The molecule has 0 aromatic carbocycles. The van der Waals surface area contributed by atoms with E-state index in [1.165, 1.54) is 19.3 Å². The Morgan fingerprint density at radius 3 is 2.27 bits per heavy atom. The van der Waals surface area contributed by atoms with Crippen molar-refractivity contribution >= 4 is 0 Å². The molecule has 0 N–H and O–H groups in total. The van der Waals surface area contributed by atoms with Gasteiger partial charge < -0.3 is 0 Å². The maximum absolute atomic E-state index is 2.44. The van der Waals surface area contributed by atoms with Gasteiger partial charge in [-0.3, -0.25) is 0 Å². The molecule has 1 rings (SSSR count). The van der Waals surface area contributed by atoms with Crippen molar-refractivity contribution in [3.8, 4) is 0 Å². The SMILES string of the molecule is CC[C@@H](C)[C@@H]1CC[C@@H](C)[C@H]1C. The smallest absolute Gasteiger partial charge is 0.0360 e. The molecule has 0 aromatic heterocycles. The predicted octanol–water partition coefficient (Wildman–Crippen LogP) is 3.71. The van der Waals surface area contributed by atoms with E-state index in [2.05, 4.69) is 27.7 Å². The predicted molar refractivity (Wildman–Crippen MR) is 50.5 cm³/mol. The van der Waals surface area contributed by atoms with Gasteiger partial charge in [0.1, 0.15) is 0 Å². The standard InChI is InChI=1S/C11H22/c1-5-8(2)11-7-6-9(3)10(11)4/h8-11H,5-7H2,1-4H3/t8-,9-,10-,11+/m1/s1. The Kier molecular flexibility index (Phi) is 2.98. The first-order valence-electron chi connectivity index (χ1n) is 5.16. The van der Waals surface area contributed by atoms with Gasteiger partial charge >= 0.3 is 0 Å². The fourth-order valence-corrected chi connectivity index (χ4v) is 2.51. The summed E-state index contributed by atoms with van der Waals surface area (Å²) < 4.78 is 0. The number of rotatable bonds is 2. The maximum atomic E-state index is 2.44. The lowest BCUT2D eigenvalue weighted by Gasteiger charge is -2.23. The Bertz CT molecular complexity index is 117. The molecule has 4 atom stereocenters. The summed E-state index contributed by atoms with van der Waals surface area (Å²) in [5.74, 6) is 3.93. The fraction of sp³-hybridized carbons (Fsp3) is 1.00. The van der Waals surface area contributed by atoms with Crippen molar-refractivity contribution in [1.82, 2.24) is 0 Å². The zero-order valence-electron chi connectivity index (χ0n) is 8.43. The van der Waals surface area contributed by atoms with Gasteiger partial charge in [-0.2, -0.15) is 0 Å². The molecular formula is C11H22. The van der Waals surface area contributed by atoms with Gasteiger partial charge in [0.2, 0.25) is 0 Å². The second kappa shape index (κ2) is 3.60. The molecule has 0 heteroatoms. The van der Waals surface area contributed by atoms with Crippen molar-refractivity contribution < 1.29 is 0 Å². The van der Waals surface area contributed by atoms with Crippen LogP contribution in [0.2, 0.25) is 0 Å². The minimum absolute atomic E-state index is 0.954. The topological polar surface area (TPSA) is 0 Å². The molecule has 0 bridgehead atoms. The van der Waals surface area contributed by atoms with Crippen LogP contribution in [0.25, 0.3) is 0 Å². The summed E-state index contributed by atoms with van der Waals surface area (Å²) in [6.07, 6.45) is 4.31. The van der Waals surface area contributed by atoms with E-state index in [0.717, 1.165) is 23.7 Å². The summed E-state index contributed by atoms with van der Waals surface area (Å²) in [5.41, 5.74) is 0. The lowest BCUT2D eigenvalue weighted by molar-refractivity contribution is 0.261. The van der Waals surface area contributed by atoms with E-state index in [1.54, 1.807) is 0 Å². The molecule has 1 saturated carbocycles. The monoisotopic (exact) mass is 154 g/mol. The molecule has 1 aliphatic carbocycles. The van der Waals surface area contributed by atoms with Crippen LogP contribution in [-0.2, 0) is 0 Å². The normalized spacial score (nSPS) is 40.9. The highest BCUT2D eigenvalue weighted by Crippen LogP contribution is 2.41. The highest BCUT2D eigenvalue weighted by molar-refractivity contribution is 4.82. The summed E-state index contributed by atoms with van der Waals surface area (Å²) in [4.78, 5) is 0. The number of hydrogen-bond acceptors (Lipinski definition) is 0. The van der Waals surface area contributed by atoms with Gasteiger partial charge in [-0.15, -0.1) is 0 Å². The quantitative estimate of drug-likeness (QED) is 0.568. The molecule has 0 radical (unpaired) electrons. The van der Waals surface area contributed by atoms with Crippen molar-refractivity contribution in [3.63, 3.8) is 0 Å². The van der Waals surface area contributed by atoms with Gasteiger partial charge in [0.25, 0.3) is 0 Å². The van der Waals surface area contributed by atoms with E-state index in [4.69, 9.17) is 0 Å². The largest absolute Gasteiger partial charge is 0.0651 e. The van der Waals surface area contributed by atoms with Crippen molar-refractivity contribution in [2.24, 2.45) is 23.7 Å². The molecule has 0 aliphatic heterocycles. The van der Waals surface area contributed by atoms with Crippen LogP contribution in [-0.4, -0.2) is 0 Å². The van der Waals surface area contributed by atoms with Crippen molar-refractivity contribution in [2.45, 2.75) is 47.0 Å². The molecule has 0 nitrogen and oxygen atoms in total. The van der Waals surface area contributed by atoms with Crippen LogP contribution in [0.4, 0.5) is 0 Å². The van der Waals surface area contributed by atoms with Crippen LogP contribution in [0.3, 0.4) is 0 Å². The Hall–Kier alpha value is 0. The Balaban J connectivity index is 2.47. The molecule has 1 aliphatic rings. The van der Waals surface area contributed by atoms with E-state index in [9.17, 15) is 0 Å². The van der Waals surface area contributed by atoms with Crippen molar-refractivity contribution in [3.05, 3.63) is 0 Å². The van der Waals surface area contributed by atoms with Crippen LogP contribution in [0.15, 0.2) is 0 Å².